The van der Waals surface area contributed by atoms with Crippen molar-refractivity contribution >= 4 is 7.12 Å². The van der Waals surface area contributed by atoms with Crippen LogP contribution in [0.5, 0.6) is 0 Å². The third-order valence-electron chi connectivity index (χ3n) is 5.62. The normalized spacial score (nSPS) is 36.0. The summed E-state index contributed by atoms with van der Waals surface area (Å²) in [6, 6.07) is 0. The summed E-state index contributed by atoms with van der Waals surface area (Å²) in [6.45, 7) is 9.45. The molecule has 0 aromatic carbocycles. The van der Waals surface area contributed by atoms with Crippen molar-refractivity contribution in [3.05, 3.63) is 12.7 Å². The molecular formula is C16H31BO4. The van der Waals surface area contributed by atoms with Gasteiger partial charge in [-0.1, -0.05) is 32.8 Å². The van der Waals surface area contributed by atoms with Crippen LogP contribution in [0.4, 0.5) is 0 Å². The minimum atomic E-state index is -1.13. The van der Waals surface area contributed by atoms with Gasteiger partial charge in [0.1, 0.15) is 0 Å². The van der Waals surface area contributed by atoms with Gasteiger partial charge in [-0.15, -0.1) is 6.58 Å². The number of allylic oxidation sites excluding steroid dienone is 1. The van der Waals surface area contributed by atoms with Gasteiger partial charge in [0.15, 0.2) is 0 Å². The smallest absolute Gasteiger partial charge is 0.427 e. The Hall–Kier alpha value is -0.355. The van der Waals surface area contributed by atoms with E-state index in [0.717, 1.165) is 38.5 Å². The SMILES string of the molecule is C=CCCCCB(O)O.CC1(O)CCC2CC1(O)C2(C)C. The molecule has 3 aliphatic rings. The zero-order valence-corrected chi connectivity index (χ0v) is 13.7. The van der Waals surface area contributed by atoms with Crippen molar-refractivity contribution in [2.24, 2.45) is 11.3 Å². The van der Waals surface area contributed by atoms with E-state index in [-0.39, 0.29) is 5.41 Å². The summed E-state index contributed by atoms with van der Waals surface area (Å²) in [5.74, 6) is 0.614. The van der Waals surface area contributed by atoms with E-state index in [4.69, 9.17) is 10.0 Å². The van der Waals surface area contributed by atoms with Gasteiger partial charge in [0.25, 0.3) is 0 Å². The zero-order chi connectivity index (χ0) is 16.3. The van der Waals surface area contributed by atoms with Crippen molar-refractivity contribution in [1.82, 2.24) is 0 Å². The number of hydrogen-bond donors (Lipinski definition) is 4. The molecule has 0 spiro atoms. The number of aliphatic hydroxyl groups is 2. The molecule has 4 N–H and O–H groups in total. The van der Waals surface area contributed by atoms with E-state index in [9.17, 15) is 10.2 Å². The van der Waals surface area contributed by atoms with E-state index in [1.54, 1.807) is 6.92 Å². The van der Waals surface area contributed by atoms with Crippen LogP contribution in [0.3, 0.4) is 0 Å². The topological polar surface area (TPSA) is 80.9 Å². The van der Waals surface area contributed by atoms with Crippen LogP contribution in [0, 0.1) is 11.3 Å². The van der Waals surface area contributed by atoms with Crippen molar-refractivity contribution in [3.8, 4) is 0 Å². The highest BCUT2D eigenvalue weighted by Gasteiger charge is 2.69. The molecule has 0 saturated heterocycles. The molecule has 3 atom stereocenters. The Morgan fingerprint density at radius 1 is 1.19 bits per heavy atom. The minimum Gasteiger partial charge on any atom is -0.427 e. The third kappa shape index (κ3) is 3.70. The molecule has 3 fully saturated rings. The van der Waals surface area contributed by atoms with Crippen molar-refractivity contribution in [2.75, 3.05) is 0 Å². The molecule has 3 unspecified atom stereocenters. The maximum absolute atomic E-state index is 10.2. The lowest BCUT2D eigenvalue weighted by Crippen LogP contribution is -2.74. The van der Waals surface area contributed by atoms with Gasteiger partial charge in [-0.2, -0.15) is 0 Å². The van der Waals surface area contributed by atoms with Crippen molar-refractivity contribution < 1.29 is 20.3 Å². The van der Waals surface area contributed by atoms with Crippen LogP contribution < -0.4 is 0 Å². The first-order chi connectivity index (χ1) is 9.58. The molecule has 5 heteroatoms. The van der Waals surface area contributed by atoms with Crippen LogP contribution in [-0.2, 0) is 0 Å². The molecule has 21 heavy (non-hydrogen) atoms. The molecule has 0 aromatic heterocycles. The molecule has 4 nitrogen and oxygen atoms in total. The van der Waals surface area contributed by atoms with Gasteiger partial charge < -0.3 is 20.3 Å². The molecule has 122 valence electrons. The maximum Gasteiger partial charge on any atom is 0.451 e. The summed E-state index contributed by atoms with van der Waals surface area (Å²) >= 11 is 0. The average molecular weight is 298 g/mol. The fourth-order valence-electron chi connectivity index (χ4n) is 3.74. The van der Waals surface area contributed by atoms with Crippen molar-refractivity contribution in [1.29, 1.82) is 0 Å². The van der Waals surface area contributed by atoms with Gasteiger partial charge in [0, 0.05) is 0 Å². The van der Waals surface area contributed by atoms with Gasteiger partial charge in [-0.25, -0.2) is 0 Å². The van der Waals surface area contributed by atoms with E-state index < -0.39 is 18.3 Å². The summed E-state index contributed by atoms with van der Waals surface area (Å²) in [5.41, 5.74) is -1.79. The second-order valence-electron chi connectivity index (χ2n) is 7.35. The highest BCUT2D eigenvalue weighted by Crippen LogP contribution is 2.65. The molecule has 3 saturated carbocycles. The van der Waals surface area contributed by atoms with Crippen LogP contribution in [0.15, 0.2) is 12.7 Å². The number of fused-ring (bicyclic) bond motifs is 2. The first kappa shape index (κ1) is 18.7. The van der Waals surface area contributed by atoms with Crippen LogP contribution in [0.1, 0.15) is 59.3 Å². The second-order valence-corrected chi connectivity index (χ2v) is 7.35. The molecule has 3 rings (SSSR count). The Kier molecular flexibility index (Phi) is 6.07. The predicted molar refractivity (Wildman–Crippen MR) is 85.7 cm³/mol. The van der Waals surface area contributed by atoms with Gasteiger partial charge in [-0.3, -0.25) is 0 Å². The molecule has 0 aliphatic heterocycles. The second kappa shape index (κ2) is 6.82. The van der Waals surface area contributed by atoms with Gasteiger partial charge in [-0.05, 0) is 50.3 Å². The van der Waals surface area contributed by atoms with Gasteiger partial charge >= 0.3 is 7.12 Å². The average Bonchev–Trinajstić information content (AvgIpc) is 2.38. The number of rotatable bonds is 5. The fourth-order valence-corrected chi connectivity index (χ4v) is 3.74. The Labute approximate surface area is 129 Å². The Bertz CT molecular complexity index is 344. The van der Waals surface area contributed by atoms with Crippen LogP contribution >= 0.6 is 0 Å². The van der Waals surface area contributed by atoms with Crippen LogP contribution in [-0.4, -0.2) is 38.6 Å². The molecular weight excluding hydrogens is 267 g/mol. The monoisotopic (exact) mass is 298 g/mol. The maximum atomic E-state index is 10.2. The lowest BCUT2D eigenvalue weighted by molar-refractivity contribution is -0.312. The highest BCUT2D eigenvalue weighted by molar-refractivity contribution is 6.40. The van der Waals surface area contributed by atoms with E-state index in [1.807, 2.05) is 6.08 Å². The minimum absolute atomic E-state index is 0.0885. The molecule has 0 aromatic rings. The summed E-state index contributed by atoms with van der Waals surface area (Å²) < 4.78 is 0. The van der Waals surface area contributed by atoms with Crippen molar-refractivity contribution in [3.63, 3.8) is 0 Å². The predicted octanol–water partition coefficient (Wildman–Crippen LogP) is 2.12. The quantitative estimate of drug-likeness (QED) is 0.356. The molecule has 2 bridgehead atoms. The van der Waals surface area contributed by atoms with Crippen molar-refractivity contribution in [2.45, 2.75) is 76.8 Å². The summed E-state index contributed by atoms with van der Waals surface area (Å²) in [4.78, 5) is 0. The zero-order valence-electron chi connectivity index (χ0n) is 13.7. The Balaban J connectivity index is 0.000000222. The van der Waals surface area contributed by atoms with Crippen LogP contribution in [0.2, 0.25) is 6.32 Å². The van der Waals surface area contributed by atoms with Crippen LogP contribution in [0.25, 0.3) is 0 Å². The number of unbranched alkanes of at least 4 members (excludes halogenated alkanes) is 2. The first-order valence-electron chi connectivity index (χ1n) is 8.00. The van der Waals surface area contributed by atoms with E-state index in [1.165, 1.54) is 0 Å². The Morgan fingerprint density at radius 2 is 1.81 bits per heavy atom. The highest BCUT2D eigenvalue weighted by atomic mass is 16.4. The van der Waals surface area contributed by atoms with E-state index in [2.05, 4.69) is 20.4 Å². The first-order valence-corrected chi connectivity index (χ1v) is 8.00. The summed E-state index contributed by atoms with van der Waals surface area (Å²) in [6.07, 6.45) is 7.74. The summed E-state index contributed by atoms with van der Waals surface area (Å²) in [7, 11) is -1.13. The van der Waals surface area contributed by atoms with E-state index in [0.29, 0.717) is 12.2 Å². The Morgan fingerprint density at radius 3 is 2.19 bits per heavy atom. The van der Waals surface area contributed by atoms with Gasteiger partial charge in [0.2, 0.25) is 0 Å². The molecule has 3 aliphatic carbocycles. The third-order valence-corrected chi connectivity index (χ3v) is 5.62. The molecule has 0 radical (unpaired) electrons. The number of hydrogen-bond acceptors (Lipinski definition) is 4. The summed E-state index contributed by atoms with van der Waals surface area (Å²) in [5, 5.41) is 37.0. The van der Waals surface area contributed by atoms with Gasteiger partial charge in [0.05, 0.1) is 11.2 Å². The molecule has 0 amide bonds. The fraction of sp³-hybridized carbons (Fsp3) is 0.875. The largest absolute Gasteiger partial charge is 0.451 e. The van der Waals surface area contributed by atoms with E-state index >= 15 is 0 Å². The lowest BCUT2D eigenvalue weighted by atomic mass is 9.41. The lowest BCUT2D eigenvalue weighted by Gasteiger charge is -2.68. The standard InChI is InChI=1S/C10H18O2.C6H13BO2/c1-8(2)7-4-5-9(3,11)10(8,12)6-7;1-2-3-4-5-6-7(8)9/h7,11-12H,4-6H2,1-3H3;2,8-9H,1,3-6H2. The molecule has 0 heterocycles.